The zero-order valence-electron chi connectivity index (χ0n) is 21.5. The number of halogens is 1. The summed E-state index contributed by atoms with van der Waals surface area (Å²) in [6.45, 7) is 2.37. The summed E-state index contributed by atoms with van der Waals surface area (Å²) >= 11 is 0. The first-order valence-corrected chi connectivity index (χ1v) is 12.2. The standard InChI is InChI=1S/C23H24FN5O4.C3H7NO/c1-23(21(30)31)11-32-20(33-12-23)19-28-17(14-4-6-15(24)7-5-14)18(29-19)16-8-9-25-22(27-16)26-10-13-2-3-13;1-4(2)3-5/h4-9,13,20H,2-3,10-12H2,1H3,(H,28,29)(H,30,31)(H,25,26,27);3H,1-2H3. The first-order valence-electron chi connectivity index (χ1n) is 12.2. The van der Waals surface area contributed by atoms with Gasteiger partial charge in [0.25, 0.3) is 0 Å². The van der Waals surface area contributed by atoms with Gasteiger partial charge in [0.1, 0.15) is 11.2 Å². The van der Waals surface area contributed by atoms with Crippen molar-refractivity contribution >= 4 is 18.3 Å². The molecule has 12 heteroatoms. The van der Waals surface area contributed by atoms with E-state index in [-0.39, 0.29) is 19.0 Å². The van der Waals surface area contributed by atoms with Crippen molar-refractivity contribution in [3.8, 4) is 22.6 Å². The number of benzene rings is 1. The van der Waals surface area contributed by atoms with Gasteiger partial charge in [-0.05, 0) is 56.0 Å². The van der Waals surface area contributed by atoms with Crippen LogP contribution in [0.2, 0.25) is 0 Å². The fourth-order valence-corrected chi connectivity index (χ4v) is 3.54. The molecule has 1 saturated heterocycles. The SMILES string of the molecule is CC1(C(=O)O)COC(c2nc(-c3ccc(F)cc3)c(-c3ccnc(NCC4CC4)n3)[nH]2)OC1.CN(C)C=O. The number of aromatic amines is 1. The maximum atomic E-state index is 13.5. The third kappa shape index (κ3) is 6.69. The molecule has 202 valence electrons. The summed E-state index contributed by atoms with van der Waals surface area (Å²) in [5.41, 5.74) is 1.32. The van der Waals surface area contributed by atoms with Gasteiger partial charge in [-0.15, -0.1) is 0 Å². The number of anilines is 1. The summed E-state index contributed by atoms with van der Waals surface area (Å²) in [6.07, 6.45) is 3.99. The maximum absolute atomic E-state index is 13.5. The molecular weight excluding hydrogens is 495 g/mol. The van der Waals surface area contributed by atoms with Crippen LogP contribution in [0.25, 0.3) is 22.6 Å². The second-order valence-corrected chi connectivity index (χ2v) is 9.83. The first kappa shape index (κ1) is 27.1. The van der Waals surface area contributed by atoms with Gasteiger partial charge in [0, 0.05) is 32.4 Å². The number of imidazole rings is 1. The topological polar surface area (TPSA) is 143 Å². The van der Waals surface area contributed by atoms with E-state index < -0.39 is 17.7 Å². The predicted molar refractivity (Wildman–Crippen MR) is 136 cm³/mol. The number of carboxylic acids is 1. The molecule has 3 heterocycles. The van der Waals surface area contributed by atoms with Gasteiger partial charge in [-0.2, -0.15) is 0 Å². The molecule has 3 aromatic rings. The van der Waals surface area contributed by atoms with Crippen molar-refractivity contribution in [2.45, 2.75) is 26.1 Å². The first-order chi connectivity index (χ1) is 18.2. The number of nitrogens with one attached hydrogen (secondary N) is 2. The van der Waals surface area contributed by atoms with E-state index in [2.05, 4.69) is 25.3 Å². The van der Waals surface area contributed by atoms with E-state index in [0.29, 0.717) is 40.3 Å². The lowest BCUT2D eigenvalue weighted by Crippen LogP contribution is -2.42. The predicted octanol–water partition coefficient (Wildman–Crippen LogP) is 3.34. The Hall–Kier alpha value is -3.90. The minimum Gasteiger partial charge on any atom is -0.481 e. The zero-order chi connectivity index (χ0) is 27.3. The molecule has 0 atom stereocenters. The summed E-state index contributed by atoms with van der Waals surface area (Å²) in [6, 6.07) is 7.76. The molecule has 0 radical (unpaired) electrons. The van der Waals surface area contributed by atoms with E-state index in [1.807, 2.05) is 0 Å². The van der Waals surface area contributed by atoms with Gasteiger partial charge >= 0.3 is 5.97 Å². The van der Waals surface area contributed by atoms with E-state index in [9.17, 15) is 19.1 Å². The smallest absolute Gasteiger partial charge is 0.314 e. The Labute approximate surface area is 219 Å². The molecule has 2 fully saturated rings. The number of carbonyl (C=O) groups excluding carboxylic acids is 1. The van der Waals surface area contributed by atoms with Crippen molar-refractivity contribution in [2.24, 2.45) is 11.3 Å². The van der Waals surface area contributed by atoms with Gasteiger partial charge in [0.2, 0.25) is 18.6 Å². The molecule has 0 spiro atoms. The Kier molecular flexibility index (Phi) is 8.32. The quantitative estimate of drug-likeness (QED) is 0.377. The molecule has 2 aromatic heterocycles. The average molecular weight is 527 g/mol. The van der Waals surface area contributed by atoms with Gasteiger partial charge in [-0.25, -0.2) is 19.3 Å². The Bertz CT molecular complexity index is 1250. The van der Waals surface area contributed by atoms with Crippen molar-refractivity contribution in [1.82, 2.24) is 24.8 Å². The Balaban J connectivity index is 0.000000617. The largest absolute Gasteiger partial charge is 0.481 e. The van der Waals surface area contributed by atoms with Crippen LogP contribution in [0.4, 0.5) is 10.3 Å². The molecule has 1 saturated carbocycles. The lowest BCUT2D eigenvalue weighted by molar-refractivity contribution is -0.236. The summed E-state index contributed by atoms with van der Waals surface area (Å²) in [7, 11) is 3.38. The number of aromatic nitrogens is 4. The number of carboxylic acid groups (broad SMARTS) is 1. The van der Waals surface area contributed by atoms with Crippen molar-refractivity contribution in [3.63, 3.8) is 0 Å². The maximum Gasteiger partial charge on any atom is 0.314 e. The summed E-state index contributed by atoms with van der Waals surface area (Å²) < 4.78 is 24.9. The summed E-state index contributed by atoms with van der Waals surface area (Å²) in [5, 5.41) is 12.7. The van der Waals surface area contributed by atoms with Crippen LogP contribution in [0.15, 0.2) is 36.5 Å². The molecule has 0 unspecified atom stereocenters. The lowest BCUT2D eigenvalue weighted by Gasteiger charge is -2.33. The van der Waals surface area contributed by atoms with Crippen molar-refractivity contribution in [1.29, 1.82) is 0 Å². The number of H-pyrrole nitrogens is 1. The van der Waals surface area contributed by atoms with Crippen LogP contribution >= 0.6 is 0 Å². The molecule has 3 N–H and O–H groups in total. The molecule has 5 rings (SSSR count). The van der Waals surface area contributed by atoms with Crippen LogP contribution in [0.5, 0.6) is 0 Å². The summed E-state index contributed by atoms with van der Waals surface area (Å²) in [5.74, 6) is 0.227. The molecule has 1 aromatic carbocycles. The lowest BCUT2D eigenvalue weighted by atomic mass is 9.92. The van der Waals surface area contributed by atoms with Crippen LogP contribution in [0.3, 0.4) is 0 Å². The highest BCUT2D eigenvalue weighted by Crippen LogP contribution is 2.35. The Morgan fingerprint density at radius 1 is 1.21 bits per heavy atom. The van der Waals surface area contributed by atoms with Crippen LogP contribution in [-0.4, -0.2) is 76.2 Å². The molecule has 0 bridgehead atoms. The normalized spacial score (nSPS) is 20.7. The number of hydrogen-bond donors (Lipinski definition) is 3. The number of carbonyl (C=O) groups is 2. The average Bonchev–Trinajstić information content (AvgIpc) is 3.65. The third-order valence-corrected chi connectivity index (χ3v) is 6.05. The van der Waals surface area contributed by atoms with Gasteiger partial charge in [0.05, 0.1) is 30.3 Å². The van der Waals surface area contributed by atoms with Crippen LogP contribution in [0, 0.1) is 17.2 Å². The van der Waals surface area contributed by atoms with E-state index in [1.54, 1.807) is 45.4 Å². The van der Waals surface area contributed by atoms with Crippen LogP contribution in [-0.2, 0) is 19.1 Å². The van der Waals surface area contributed by atoms with E-state index in [4.69, 9.17) is 9.47 Å². The molecule has 2 aliphatic rings. The third-order valence-electron chi connectivity index (χ3n) is 6.05. The second-order valence-electron chi connectivity index (χ2n) is 9.83. The van der Waals surface area contributed by atoms with Crippen LogP contribution in [0.1, 0.15) is 31.9 Å². The number of ether oxygens (including phenoxy) is 2. The van der Waals surface area contributed by atoms with E-state index in [0.717, 1.165) is 13.0 Å². The minimum absolute atomic E-state index is 0.0162. The highest BCUT2D eigenvalue weighted by Gasteiger charge is 2.41. The molecule has 1 aliphatic heterocycles. The van der Waals surface area contributed by atoms with Gasteiger partial charge < -0.3 is 29.8 Å². The van der Waals surface area contributed by atoms with Crippen molar-refractivity contribution in [2.75, 3.05) is 39.2 Å². The van der Waals surface area contributed by atoms with E-state index >= 15 is 0 Å². The zero-order valence-corrected chi connectivity index (χ0v) is 21.5. The fourth-order valence-electron chi connectivity index (χ4n) is 3.54. The molecule has 38 heavy (non-hydrogen) atoms. The monoisotopic (exact) mass is 526 g/mol. The highest BCUT2D eigenvalue weighted by molar-refractivity contribution is 5.77. The minimum atomic E-state index is -1.12. The number of rotatable bonds is 8. The van der Waals surface area contributed by atoms with Gasteiger partial charge in [0.15, 0.2) is 5.82 Å². The molecule has 11 nitrogen and oxygen atoms in total. The number of aliphatic carboxylic acids is 1. The Morgan fingerprint density at radius 3 is 2.45 bits per heavy atom. The van der Waals surface area contributed by atoms with E-state index in [1.165, 1.54) is 29.9 Å². The van der Waals surface area contributed by atoms with Crippen LogP contribution < -0.4 is 5.32 Å². The molecular formula is C26H31FN6O5. The summed E-state index contributed by atoms with van der Waals surface area (Å²) in [4.78, 5) is 39.1. The van der Waals surface area contributed by atoms with Gasteiger partial charge in [-0.1, -0.05) is 0 Å². The van der Waals surface area contributed by atoms with Crippen molar-refractivity contribution < 1.29 is 28.6 Å². The fraction of sp³-hybridized carbons (Fsp3) is 0.423. The number of nitrogens with zero attached hydrogens (tertiary/aromatic N) is 4. The Morgan fingerprint density at radius 2 is 1.87 bits per heavy atom. The number of amides is 1. The highest BCUT2D eigenvalue weighted by atomic mass is 19.1. The molecule has 1 aliphatic carbocycles. The second kappa shape index (κ2) is 11.7. The molecule has 1 amide bonds. The van der Waals surface area contributed by atoms with Gasteiger partial charge in [-0.3, -0.25) is 9.59 Å². The van der Waals surface area contributed by atoms with Crippen molar-refractivity contribution in [3.05, 3.63) is 48.2 Å². The number of hydrogen-bond acceptors (Lipinski definition) is 8.